The highest BCUT2D eigenvalue weighted by Gasteiger charge is 2.19. The highest BCUT2D eigenvalue weighted by Crippen LogP contribution is 2.25. The topological polar surface area (TPSA) is 147 Å². The fourth-order valence-corrected chi connectivity index (χ4v) is 3.31. The van der Waals surface area contributed by atoms with Crippen molar-refractivity contribution >= 4 is 35.0 Å². The minimum absolute atomic E-state index is 0.209. The quantitative estimate of drug-likeness (QED) is 0.249. The number of primary amides is 1. The summed E-state index contributed by atoms with van der Waals surface area (Å²) in [6.45, 7) is 1.29. The number of fused-ring (bicyclic) bond motifs is 1. The SMILES string of the molecule is C[C@H](OC(=O)/C=C/c1cn(-c2ccccc2)nc1-c1cc2ccccc2oc1=O)C(=O)NC(N)=O. The standard InChI is InChI=1S/C25H20N4O6/c1-15(23(31)27-25(26)33)34-21(30)12-11-17-14-29(18-8-3-2-4-9-18)28-22(17)19-13-16-7-5-6-10-20(16)35-24(19)32/h2-15H,1H3,(H3,26,27,31,33)/b12-11+/t15-/m0/s1. The Morgan fingerprint density at radius 2 is 1.83 bits per heavy atom. The number of urea groups is 1. The van der Waals surface area contributed by atoms with Gasteiger partial charge in [-0.2, -0.15) is 5.10 Å². The monoisotopic (exact) mass is 472 g/mol. The molecule has 3 amide bonds. The number of ether oxygens (including phenoxy) is 1. The molecule has 4 aromatic rings. The number of hydrogen-bond donors (Lipinski definition) is 2. The van der Waals surface area contributed by atoms with Crippen LogP contribution < -0.4 is 16.7 Å². The Bertz CT molecular complexity index is 1500. The van der Waals surface area contributed by atoms with Gasteiger partial charge in [0.2, 0.25) is 0 Å². The number of nitrogens with one attached hydrogen (secondary N) is 1. The van der Waals surface area contributed by atoms with Gasteiger partial charge >= 0.3 is 17.6 Å². The Labute approximate surface area is 198 Å². The van der Waals surface area contributed by atoms with E-state index in [9.17, 15) is 19.2 Å². The van der Waals surface area contributed by atoms with E-state index in [2.05, 4.69) is 5.10 Å². The van der Waals surface area contributed by atoms with Gasteiger partial charge in [0.25, 0.3) is 5.91 Å². The van der Waals surface area contributed by atoms with Crippen LogP contribution in [0.5, 0.6) is 0 Å². The fraction of sp³-hybridized carbons (Fsp3) is 0.0800. The van der Waals surface area contributed by atoms with Crippen molar-refractivity contribution in [3.8, 4) is 16.9 Å². The largest absolute Gasteiger partial charge is 0.449 e. The van der Waals surface area contributed by atoms with Gasteiger partial charge in [-0.3, -0.25) is 10.1 Å². The molecule has 1 atom stereocenters. The first-order valence-corrected chi connectivity index (χ1v) is 10.5. The molecule has 10 heteroatoms. The molecule has 0 saturated heterocycles. The van der Waals surface area contributed by atoms with Crippen molar-refractivity contribution in [2.24, 2.45) is 5.73 Å². The molecule has 0 fully saturated rings. The van der Waals surface area contributed by atoms with E-state index in [0.29, 0.717) is 16.5 Å². The molecule has 0 aliphatic rings. The van der Waals surface area contributed by atoms with Crippen LogP contribution in [-0.2, 0) is 14.3 Å². The van der Waals surface area contributed by atoms with Crippen LogP contribution in [0.15, 0.2) is 82.1 Å². The zero-order valence-corrected chi connectivity index (χ0v) is 18.5. The molecule has 0 unspecified atom stereocenters. The molecule has 0 spiro atoms. The maximum absolute atomic E-state index is 12.8. The number of hydrogen-bond acceptors (Lipinski definition) is 7. The van der Waals surface area contributed by atoms with Gasteiger partial charge < -0.3 is 14.9 Å². The number of benzene rings is 2. The normalized spacial score (nSPS) is 11.9. The van der Waals surface area contributed by atoms with E-state index in [1.807, 2.05) is 41.7 Å². The molecule has 3 N–H and O–H groups in total. The Morgan fingerprint density at radius 1 is 1.11 bits per heavy atom. The van der Waals surface area contributed by atoms with Crippen LogP contribution in [0.25, 0.3) is 34.0 Å². The Balaban J connectivity index is 1.70. The average Bonchev–Trinajstić information content (AvgIpc) is 3.26. The van der Waals surface area contributed by atoms with Crippen LogP contribution in [0.4, 0.5) is 4.79 Å². The highest BCUT2D eigenvalue weighted by molar-refractivity contribution is 5.97. The number of nitrogens with two attached hydrogens (primary N) is 1. The lowest BCUT2D eigenvalue weighted by Gasteiger charge is -2.10. The number of amides is 3. The number of imide groups is 1. The third-order valence-corrected chi connectivity index (χ3v) is 4.97. The smallest absolute Gasteiger partial charge is 0.345 e. The number of carbonyl (C=O) groups excluding carboxylic acids is 3. The summed E-state index contributed by atoms with van der Waals surface area (Å²) in [4.78, 5) is 47.6. The van der Waals surface area contributed by atoms with Crippen molar-refractivity contribution in [1.82, 2.24) is 15.1 Å². The van der Waals surface area contributed by atoms with E-state index >= 15 is 0 Å². The second-order valence-corrected chi connectivity index (χ2v) is 7.46. The summed E-state index contributed by atoms with van der Waals surface area (Å²) in [6.07, 6.45) is 2.90. The molecule has 2 heterocycles. The first-order chi connectivity index (χ1) is 16.8. The van der Waals surface area contributed by atoms with E-state index < -0.39 is 29.6 Å². The summed E-state index contributed by atoms with van der Waals surface area (Å²) < 4.78 is 12.0. The maximum atomic E-state index is 12.8. The van der Waals surface area contributed by atoms with Crippen LogP contribution in [-0.4, -0.2) is 33.8 Å². The fourth-order valence-electron chi connectivity index (χ4n) is 3.31. The van der Waals surface area contributed by atoms with Crippen molar-refractivity contribution < 1.29 is 23.5 Å². The van der Waals surface area contributed by atoms with Gasteiger partial charge in [-0.05, 0) is 37.3 Å². The predicted molar refractivity (Wildman–Crippen MR) is 127 cm³/mol. The summed E-state index contributed by atoms with van der Waals surface area (Å²) >= 11 is 0. The number of esters is 1. The van der Waals surface area contributed by atoms with E-state index in [0.717, 1.165) is 11.8 Å². The molecule has 35 heavy (non-hydrogen) atoms. The summed E-state index contributed by atoms with van der Waals surface area (Å²) in [5, 5.41) is 7.10. The van der Waals surface area contributed by atoms with Crippen LogP contribution in [0.3, 0.4) is 0 Å². The molecule has 2 aromatic heterocycles. The third-order valence-electron chi connectivity index (χ3n) is 4.97. The van der Waals surface area contributed by atoms with Crippen LogP contribution in [0.1, 0.15) is 12.5 Å². The first kappa shape index (κ1) is 23.2. The van der Waals surface area contributed by atoms with Gasteiger partial charge in [-0.15, -0.1) is 0 Å². The number of carbonyl (C=O) groups is 3. The van der Waals surface area contributed by atoms with Crippen molar-refractivity contribution in [3.63, 3.8) is 0 Å². The molecular weight excluding hydrogens is 452 g/mol. The zero-order chi connectivity index (χ0) is 24.9. The summed E-state index contributed by atoms with van der Waals surface area (Å²) in [5.41, 5.74) is 6.41. The summed E-state index contributed by atoms with van der Waals surface area (Å²) in [5.74, 6) is -1.70. The van der Waals surface area contributed by atoms with E-state index in [1.54, 1.807) is 35.1 Å². The second-order valence-electron chi connectivity index (χ2n) is 7.46. The Hall–Kier alpha value is -4.99. The van der Waals surface area contributed by atoms with Crippen LogP contribution in [0.2, 0.25) is 0 Å². The van der Waals surface area contributed by atoms with Crippen molar-refractivity contribution in [2.45, 2.75) is 13.0 Å². The van der Waals surface area contributed by atoms with Gasteiger partial charge in [0.15, 0.2) is 6.10 Å². The third kappa shape index (κ3) is 5.33. The van der Waals surface area contributed by atoms with Crippen molar-refractivity contribution in [3.05, 3.63) is 88.9 Å². The van der Waals surface area contributed by atoms with E-state index in [1.165, 1.54) is 13.0 Å². The van der Waals surface area contributed by atoms with E-state index in [-0.39, 0.29) is 11.3 Å². The van der Waals surface area contributed by atoms with Gasteiger partial charge in [0, 0.05) is 23.2 Å². The molecular formula is C25H20N4O6. The van der Waals surface area contributed by atoms with Crippen LogP contribution >= 0.6 is 0 Å². The maximum Gasteiger partial charge on any atom is 0.345 e. The average molecular weight is 472 g/mol. The summed E-state index contributed by atoms with van der Waals surface area (Å²) in [7, 11) is 0. The van der Waals surface area contributed by atoms with Crippen LogP contribution in [0, 0.1) is 0 Å². The molecule has 0 aliphatic heterocycles. The number of rotatable bonds is 6. The van der Waals surface area contributed by atoms with Crippen molar-refractivity contribution in [1.29, 1.82) is 0 Å². The zero-order valence-electron chi connectivity index (χ0n) is 18.5. The molecule has 4 rings (SSSR count). The lowest BCUT2D eigenvalue weighted by Crippen LogP contribution is -2.42. The molecule has 2 aromatic carbocycles. The summed E-state index contributed by atoms with van der Waals surface area (Å²) in [6, 6.07) is 16.9. The number of nitrogens with zero attached hydrogens (tertiary/aromatic N) is 2. The van der Waals surface area contributed by atoms with Crippen molar-refractivity contribution in [2.75, 3.05) is 0 Å². The van der Waals surface area contributed by atoms with E-state index in [4.69, 9.17) is 14.9 Å². The van der Waals surface area contributed by atoms with Gasteiger partial charge in [-0.25, -0.2) is 19.1 Å². The number of aromatic nitrogens is 2. The molecule has 0 bridgehead atoms. The van der Waals surface area contributed by atoms with Gasteiger partial charge in [0.05, 0.1) is 11.3 Å². The lowest BCUT2D eigenvalue weighted by molar-refractivity contribution is -0.149. The molecule has 10 nitrogen and oxygen atoms in total. The Morgan fingerprint density at radius 3 is 2.57 bits per heavy atom. The Kier molecular flexibility index (Phi) is 6.54. The molecule has 0 aliphatic carbocycles. The highest BCUT2D eigenvalue weighted by atomic mass is 16.5. The lowest BCUT2D eigenvalue weighted by atomic mass is 10.1. The molecule has 0 radical (unpaired) electrons. The second kappa shape index (κ2) is 9.87. The molecule has 0 saturated carbocycles. The molecule has 176 valence electrons. The van der Waals surface area contributed by atoms with Gasteiger partial charge in [-0.1, -0.05) is 36.4 Å². The minimum Gasteiger partial charge on any atom is -0.449 e. The first-order valence-electron chi connectivity index (χ1n) is 10.5. The predicted octanol–water partition coefficient (Wildman–Crippen LogP) is 2.79. The minimum atomic E-state index is -1.25. The number of para-hydroxylation sites is 2. The van der Waals surface area contributed by atoms with Gasteiger partial charge in [0.1, 0.15) is 11.3 Å².